The van der Waals surface area contributed by atoms with Gasteiger partial charge in [0.2, 0.25) is 0 Å². The molecule has 0 aliphatic carbocycles. The lowest BCUT2D eigenvalue weighted by Crippen LogP contribution is -2.46. The number of sulfone groups is 1. The maximum atomic E-state index is 11.7. The SMILES string of the molecule is CC(C)S(=O)(=O)CCN1CCC(C)(C(=N)N)CC1. The van der Waals surface area contributed by atoms with Gasteiger partial charge in [0.05, 0.1) is 16.8 Å². The van der Waals surface area contributed by atoms with Crippen LogP contribution in [0.15, 0.2) is 0 Å². The summed E-state index contributed by atoms with van der Waals surface area (Å²) >= 11 is 0. The van der Waals surface area contributed by atoms with Crippen LogP contribution >= 0.6 is 0 Å². The number of hydrogen-bond donors (Lipinski definition) is 2. The monoisotopic (exact) mass is 275 g/mol. The maximum absolute atomic E-state index is 11.7. The van der Waals surface area contributed by atoms with E-state index in [1.165, 1.54) is 0 Å². The van der Waals surface area contributed by atoms with Crippen LogP contribution in [0.2, 0.25) is 0 Å². The molecule has 1 saturated heterocycles. The molecule has 0 spiro atoms. The van der Waals surface area contributed by atoms with Crippen LogP contribution in [0.1, 0.15) is 33.6 Å². The summed E-state index contributed by atoms with van der Waals surface area (Å²) in [5.74, 6) is 0.471. The van der Waals surface area contributed by atoms with E-state index in [0.717, 1.165) is 25.9 Å². The quantitative estimate of drug-likeness (QED) is 0.575. The first-order valence-electron chi connectivity index (χ1n) is 6.46. The molecule has 1 heterocycles. The maximum Gasteiger partial charge on any atom is 0.153 e. The van der Waals surface area contributed by atoms with Crippen molar-refractivity contribution >= 4 is 15.7 Å². The highest BCUT2D eigenvalue weighted by Crippen LogP contribution is 2.30. The minimum absolute atomic E-state index is 0.201. The van der Waals surface area contributed by atoms with E-state index in [2.05, 4.69) is 4.90 Å². The smallest absolute Gasteiger partial charge is 0.153 e. The van der Waals surface area contributed by atoms with Crippen molar-refractivity contribution in [1.29, 1.82) is 5.41 Å². The van der Waals surface area contributed by atoms with Crippen molar-refractivity contribution in [3.63, 3.8) is 0 Å². The first-order valence-corrected chi connectivity index (χ1v) is 8.17. The van der Waals surface area contributed by atoms with Gasteiger partial charge < -0.3 is 10.6 Å². The summed E-state index contributed by atoms with van der Waals surface area (Å²) in [6, 6.07) is 0. The molecule has 0 radical (unpaired) electrons. The van der Waals surface area contributed by atoms with Gasteiger partial charge >= 0.3 is 0 Å². The third kappa shape index (κ3) is 3.68. The normalized spacial score (nSPS) is 21.1. The number of likely N-dealkylation sites (tertiary alicyclic amines) is 1. The second kappa shape index (κ2) is 5.57. The summed E-state index contributed by atoms with van der Waals surface area (Å²) in [7, 11) is -2.95. The van der Waals surface area contributed by atoms with Crippen molar-refractivity contribution in [3.8, 4) is 0 Å². The molecule has 1 rings (SSSR count). The third-order valence-electron chi connectivity index (χ3n) is 4.02. The zero-order chi connectivity index (χ0) is 14.0. The average molecular weight is 275 g/mol. The molecule has 1 aliphatic heterocycles. The standard InChI is InChI=1S/C12H25N3O2S/c1-10(2)18(16,17)9-8-15-6-4-12(3,5-7-15)11(13)14/h10H,4-9H2,1-3H3,(H3,13,14). The fourth-order valence-electron chi connectivity index (χ4n) is 2.03. The molecule has 0 unspecified atom stereocenters. The van der Waals surface area contributed by atoms with Crippen LogP contribution in [-0.2, 0) is 9.84 Å². The molecule has 0 aromatic heterocycles. The lowest BCUT2D eigenvalue weighted by Gasteiger charge is -2.38. The number of nitrogens with zero attached hydrogens (tertiary/aromatic N) is 1. The van der Waals surface area contributed by atoms with E-state index in [9.17, 15) is 8.42 Å². The Morgan fingerprint density at radius 2 is 1.89 bits per heavy atom. The molecular formula is C12H25N3O2S. The molecule has 0 aromatic carbocycles. The predicted octanol–water partition coefficient (Wildman–Crippen LogP) is 0.848. The van der Waals surface area contributed by atoms with Gasteiger partial charge in [-0.2, -0.15) is 0 Å². The van der Waals surface area contributed by atoms with E-state index in [4.69, 9.17) is 11.1 Å². The van der Waals surface area contributed by atoms with Gasteiger partial charge in [-0.15, -0.1) is 0 Å². The third-order valence-corrected chi connectivity index (χ3v) is 6.21. The summed E-state index contributed by atoms with van der Waals surface area (Å²) < 4.78 is 23.5. The predicted molar refractivity (Wildman–Crippen MR) is 74.6 cm³/mol. The van der Waals surface area contributed by atoms with Gasteiger partial charge in [-0.25, -0.2) is 8.42 Å². The van der Waals surface area contributed by atoms with Crippen molar-refractivity contribution in [1.82, 2.24) is 4.90 Å². The Kier molecular flexibility index (Phi) is 4.78. The van der Waals surface area contributed by atoms with Crippen molar-refractivity contribution in [2.45, 2.75) is 38.9 Å². The largest absolute Gasteiger partial charge is 0.387 e. The summed E-state index contributed by atoms with van der Waals surface area (Å²) in [6.07, 6.45) is 1.67. The molecule has 3 N–H and O–H groups in total. The van der Waals surface area contributed by atoms with Crippen molar-refractivity contribution in [2.75, 3.05) is 25.4 Å². The van der Waals surface area contributed by atoms with Crippen LogP contribution in [0, 0.1) is 10.8 Å². The highest BCUT2D eigenvalue weighted by molar-refractivity contribution is 7.92. The molecule has 6 heteroatoms. The molecule has 0 saturated carbocycles. The number of nitrogens with two attached hydrogens (primary N) is 1. The van der Waals surface area contributed by atoms with E-state index in [1.807, 2.05) is 6.92 Å². The lowest BCUT2D eigenvalue weighted by molar-refractivity contribution is 0.170. The minimum Gasteiger partial charge on any atom is -0.387 e. The van der Waals surface area contributed by atoms with Gasteiger partial charge in [0.1, 0.15) is 0 Å². The van der Waals surface area contributed by atoms with E-state index in [1.54, 1.807) is 13.8 Å². The van der Waals surface area contributed by atoms with Crippen LogP contribution in [0.5, 0.6) is 0 Å². The highest BCUT2D eigenvalue weighted by atomic mass is 32.2. The van der Waals surface area contributed by atoms with Gasteiger partial charge in [-0.1, -0.05) is 6.92 Å². The van der Waals surface area contributed by atoms with Gasteiger partial charge in [0.25, 0.3) is 0 Å². The lowest BCUT2D eigenvalue weighted by atomic mass is 9.79. The Hall–Kier alpha value is -0.620. The second-order valence-electron chi connectivity index (χ2n) is 5.73. The molecule has 0 atom stereocenters. The molecule has 1 aliphatic rings. The van der Waals surface area contributed by atoms with E-state index < -0.39 is 9.84 Å². The van der Waals surface area contributed by atoms with E-state index in [0.29, 0.717) is 6.54 Å². The van der Waals surface area contributed by atoms with Gasteiger partial charge in [0, 0.05) is 12.0 Å². The first kappa shape index (κ1) is 15.4. The van der Waals surface area contributed by atoms with Crippen LogP contribution in [-0.4, -0.2) is 49.8 Å². The van der Waals surface area contributed by atoms with Gasteiger partial charge in [0.15, 0.2) is 9.84 Å². The Bertz CT molecular complexity index is 396. The number of amidine groups is 1. The molecule has 5 nitrogen and oxygen atoms in total. The van der Waals surface area contributed by atoms with E-state index in [-0.39, 0.29) is 22.3 Å². The average Bonchev–Trinajstić information content (AvgIpc) is 2.28. The fourth-order valence-corrected chi connectivity index (χ4v) is 3.02. The van der Waals surface area contributed by atoms with Gasteiger partial charge in [-0.3, -0.25) is 5.41 Å². The fraction of sp³-hybridized carbons (Fsp3) is 0.917. The Labute approximate surface area is 110 Å². The Balaban J connectivity index is 2.44. The van der Waals surface area contributed by atoms with Crippen molar-refractivity contribution < 1.29 is 8.42 Å². The summed E-state index contributed by atoms with van der Waals surface area (Å²) in [6.45, 7) is 7.69. The zero-order valence-corrected chi connectivity index (χ0v) is 12.4. The number of piperidine rings is 1. The second-order valence-corrected chi connectivity index (χ2v) is 8.41. The Morgan fingerprint density at radius 1 is 1.39 bits per heavy atom. The summed E-state index contributed by atoms with van der Waals surface area (Å²) in [5.41, 5.74) is 5.40. The van der Waals surface area contributed by atoms with Crippen LogP contribution in [0.25, 0.3) is 0 Å². The van der Waals surface area contributed by atoms with Crippen molar-refractivity contribution in [3.05, 3.63) is 0 Å². The van der Waals surface area contributed by atoms with Crippen LogP contribution in [0.4, 0.5) is 0 Å². The van der Waals surface area contributed by atoms with Crippen LogP contribution in [0.3, 0.4) is 0 Å². The van der Waals surface area contributed by atoms with Gasteiger partial charge in [-0.05, 0) is 39.8 Å². The topological polar surface area (TPSA) is 87.2 Å². The molecular weight excluding hydrogens is 250 g/mol. The Morgan fingerprint density at radius 3 is 2.28 bits per heavy atom. The number of rotatable bonds is 5. The number of hydrogen-bond acceptors (Lipinski definition) is 4. The van der Waals surface area contributed by atoms with Crippen molar-refractivity contribution in [2.24, 2.45) is 11.1 Å². The van der Waals surface area contributed by atoms with Crippen LogP contribution < -0.4 is 5.73 Å². The zero-order valence-electron chi connectivity index (χ0n) is 11.6. The molecule has 0 aromatic rings. The number of nitrogens with one attached hydrogen (secondary N) is 1. The first-order chi connectivity index (χ1) is 8.17. The highest BCUT2D eigenvalue weighted by Gasteiger charge is 2.33. The summed E-state index contributed by atoms with van der Waals surface area (Å²) in [5, 5.41) is 7.27. The molecule has 0 bridgehead atoms. The molecule has 1 fully saturated rings. The summed E-state index contributed by atoms with van der Waals surface area (Å²) in [4.78, 5) is 2.16. The van der Waals surface area contributed by atoms with E-state index >= 15 is 0 Å². The molecule has 106 valence electrons. The minimum atomic E-state index is -2.95. The molecule has 0 amide bonds. The molecule has 18 heavy (non-hydrogen) atoms.